The van der Waals surface area contributed by atoms with E-state index in [-0.39, 0.29) is 31.6 Å². The number of ketones is 1. The molecular formula is C35H32O7. The molecule has 42 heavy (non-hydrogen) atoms. The van der Waals surface area contributed by atoms with Crippen LogP contribution in [0.25, 0.3) is 21.9 Å². The quantitative estimate of drug-likeness (QED) is 0.0746. The molecule has 7 nitrogen and oxygen atoms in total. The molecule has 0 unspecified atom stereocenters. The number of esters is 2. The largest absolute Gasteiger partial charge is 0.485 e. The Bertz CT molecular complexity index is 1620. The zero-order chi connectivity index (χ0) is 30.1. The number of Topliss-reactive ketones (excluding diaryl/α,β-unsaturated/α-hetero) is 1. The van der Waals surface area contributed by atoms with Crippen molar-refractivity contribution in [2.75, 3.05) is 13.4 Å². The van der Waals surface area contributed by atoms with Crippen molar-refractivity contribution in [2.45, 2.75) is 26.7 Å². The van der Waals surface area contributed by atoms with E-state index in [1.54, 1.807) is 38.1 Å². The Morgan fingerprint density at radius 1 is 0.667 bits per heavy atom. The third-order valence-corrected chi connectivity index (χ3v) is 6.38. The molecule has 4 aromatic carbocycles. The molecule has 4 rings (SSSR count). The first kappa shape index (κ1) is 29.8. The van der Waals surface area contributed by atoms with E-state index in [0.717, 1.165) is 27.5 Å². The third kappa shape index (κ3) is 8.41. The van der Waals surface area contributed by atoms with E-state index in [0.29, 0.717) is 34.8 Å². The maximum atomic E-state index is 12.4. The van der Waals surface area contributed by atoms with Crippen LogP contribution >= 0.6 is 0 Å². The predicted molar refractivity (Wildman–Crippen MR) is 161 cm³/mol. The predicted octanol–water partition coefficient (Wildman–Crippen LogP) is 7.02. The van der Waals surface area contributed by atoms with Crippen LogP contribution in [0, 0.1) is 0 Å². The van der Waals surface area contributed by atoms with Gasteiger partial charge in [0.25, 0.3) is 0 Å². The monoisotopic (exact) mass is 564 g/mol. The highest BCUT2D eigenvalue weighted by atomic mass is 16.7. The number of aryl methyl sites for hydroxylation is 1. The van der Waals surface area contributed by atoms with E-state index in [9.17, 15) is 14.4 Å². The van der Waals surface area contributed by atoms with Crippen LogP contribution in [0.3, 0.4) is 0 Å². The van der Waals surface area contributed by atoms with E-state index in [4.69, 9.17) is 18.9 Å². The molecule has 0 bridgehead atoms. The van der Waals surface area contributed by atoms with Crippen LogP contribution < -0.4 is 14.2 Å². The molecule has 0 aromatic heterocycles. The zero-order valence-corrected chi connectivity index (χ0v) is 23.7. The van der Waals surface area contributed by atoms with E-state index in [1.807, 2.05) is 36.4 Å². The Hall–Kier alpha value is -5.17. The van der Waals surface area contributed by atoms with Gasteiger partial charge in [0.1, 0.15) is 17.2 Å². The maximum Gasteiger partial charge on any atom is 0.335 e. The summed E-state index contributed by atoms with van der Waals surface area (Å²) in [6.45, 7) is 10.1. The van der Waals surface area contributed by atoms with Gasteiger partial charge in [-0.1, -0.05) is 55.6 Å². The first-order chi connectivity index (χ1) is 20.2. The van der Waals surface area contributed by atoms with Gasteiger partial charge >= 0.3 is 11.9 Å². The number of benzene rings is 4. The fraction of sp³-hybridized carbons (Fsp3) is 0.171. The second-order valence-electron chi connectivity index (χ2n) is 9.83. The third-order valence-electron chi connectivity index (χ3n) is 6.38. The summed E-state index contributed by atoms with van der Waals surface area (Å²) in [5, 5.41) is 2.16. The molecule has 0 fully saturated rings. The lowest BCUT2D eigenvalue weighted by Crippen LogP contribution is -2.11. The SMILES string of the molecule is C=C(C)C(=O)COc1ccc(-c2ccc3cc(CCC(=O)Oc4ccc(OCOC(=O)C(=C)C)cc4)ccc3c2)cc1. The molecule has 0 saturated heterocycles. The second-order valence-corrected chi connectivity index (χ2v) is 9.83. The summed E-state index contributed by atoms with van der Waals surface area (Å²) in [5.41, 5.74) is 3.90. The Morgan fingerprint density at radius 3 is 1.95 bits per heavy atom. The first-order valence-electron chi connectivity index (χ1n) is 13.4. The van der Waals surface area contributed by atoms with Gasteiger partial charge in [0.2, 0.25) is 6.79 Å². The van der Waals surface area contributed by atoms with Gasteiger partial charge in [-0.25, -0.2) is 4.79 Å². The van der Waals surface area contributed by atoms with Crippen molar-refractivity contribution in [1.29, 1.82) is 0 Å². The Labute approximate surface area is 245 Å². The summed E-state index contributed by atoms with van der Waals surface area (Å²) in [7, 11) is 0. The normalized spacial score (nSPS) is 10.5. The molecule has 0 atom stereocenters. The molecule has 0 N–H and O–H groups in total. The van der Waals surface area contributed by atoms with Crippen molar-refractivity contribution in [3.05, 3.63) is 115 Å². The summed E-state index contributed by atoms with van der Waals surface area (Å²) in [5.74, 6) is 0.510. The van der Waals surface area contributed by atoms with Crippen molar-refractivity contribution in [3.63, 3.8) is 0 Å². The average Bonchev–Trinajstić information content (AvgIpc) is 2.99. The Balaban J connectivity index is 1.28. The first-order valence-corrected chi connectivity index (χ1v) is 13.4. The van der Waals surface area contributed by atoms with Gasteiger partial charge in [0.15, 0.2) is 12.4 Å². The fourth-order valence-corrected chi connectivity index (χ4v) is 3.95. The zero-order valence-electron chi connectivity index (χ0n) is 23.7. The van der Waals surface area contributed by atoms with E-state index < -0.39 is 5.97 Å². The number of rotatable bonds is 13. The lowest BCUT2D eigenvalue weighted by Gasteiger charge is -2.09. The van der Waals surface area contributed by atoms with E-state index in [1.165, 1.54) is 0 Å². The molecule has 0 aliphatic rings. The highest BCUT2D eigenvalue weighted by molar-refractivity contribution is 5.95. The fourth-order valence-electron chi connectivity index (χ4n) is 3.95. The van der Waals surface area contributed by atoms with Crippen molar-refractivity contribution >= 4 is 28.5 Å². The van der Waals surface area contributed by atoms with Crippen molar-refractivity contribution in [2.24, 2.45) is 0 Å². The molecule has 0 saturated carbocycles. The standard InChI is InChI=1S/C35H32O7/c1-23(2)33(36)21-39-30-12-10-26(11-13-30)28-9-8-27-19-25(5-7-29(27)20-28)6-18-34(37)42-32-16-14-31(15-17-32)40-22-41-35(38)24(3)4/h5,7-17,19-20H,1,3,6,18,21-22H2,2,4H3. The van der Waals surface area contributed by atoms with Gasteiger partial charge in [-0.3, -0.25) is 9.59 Å². The number of hydrogen-bond donors (Lipinski definition) is 0. The molecule has 0 heterocycles. The van der Waals surface area contributed by atoms with Gasteiger partial charge < -0.3 is 18.9 Å². The molecule has 0 aliphatic carbocycles. The van der Waals surface area contributed by atoms with Crippen LogP contribution in [0.2, 0.25) is 0 Å². The minimum Gasteiger partial charge on any atom is -0.485 e. The van der Waals surface area contributed by atoms with E-state index in [2.05, 4.69) is 37.4 Å². The van der Waals surface area contributed by atoms with Crippen molar-refractivity contribution in [3.8, 4) is 28.4 Å². The van der Waals surface area contributed by atoms with Crippen LogP contribution in [0.15, 0.2) is 109 Å². The number of carbonyl (C=O) groups is 3. The molecule has 0 aliphatic heterocycles. The Kier molecular flexibility index (Phi) is 9.90. The summed E-state index contributed by atoms with van der Waals surface area (Å²) >= 11 is 0. The average molecular weight is 565 g/mol. The van der Waals surface area contributed by atoms with Crippen LogP contribution in [-0.2, 0) is 25.5 Å². The number of ether oxygens (including phenoxy) is 4. The lowest BCUT2D eigenvalue weighted by molar-refractivity contribution is -0.145. The summed E-state index contributed by atoms with van der Waals surface area (Å²) in [4.78, 5) is 35.5. The van der Waals surface area contributed by atoms with Crippen LogP contribution in [0.4, 0.5) is 0 Å². The van der Waals surface area contributed by atoms with Crippen LogP contribution in [0.1, 0.15) is 25.8 Å². The molecule has 0 amide bonds. The molecule has 214 valence electrons. The highest BCUT2D eigenvalue weighted by Crippen LogP contribution is 2.27. The van der Waals surface area contributed by atoms with E-state index >= 15 is 0 Å². The molecule has 0 spiro atoms. The molecule has 0 radical (unpaired) electrons. The van der Waals surface area contributed by atoms with Gasteiger partial charge in [-0.15, -0.1) is 0 Å². The lowest BCUT2D eigenvalue weighted by atomic mass is 9.99. The minimum absolute atomic E-state index is 0.0228. The summed E-state index contributed by atoms with van der Waals surface area (Å²) in [6, 6.07) is 26.5. The minimum atomic E-state index is -0.528. The summed E-state index contributed by atoms with van der Waals surface area (Å²) < 4.78 is 21.2. The molecule has 7 heteroatoms. The Morgan fingerprint density at radius 2 is 1.26 bits per heavy atom. The van der Waals surface area contributed by atoms with Crippen LogP contribution in [-0.4, -0.2) is 31.1 Å². The highest BCUT2D eigenvalue weighted by Gasteiger charge is 2.09. The summed E-state index contributed by atoms with van der Waals surface area (Å²) in [6.07, 6.45) is 0.770. The number of carbonyl (C=O) groups excluding carboxylic acids is 3. The number of hydrogen-bond acceptors (Lipinski definition) is 7. The van der Waals surface area contributed by atoms with Gasteiger partial charge in [-0.05, 0) is 95.8 Å². The van der Waals surface area contributed by atoms with Gasteiger partial charge in [0.05, 0.1) is 0 Å². The molecule has 4 aromatic rings. The topological polar surface area (TPSA) is 88.1 Å². The smallest absolute Gasteiger partial charge is 0.335 e. The van der Waals surface area contributed by atoms with Crippen LogP contribution in [0.5, 0.6) is 17.2 Å². The second kappa shape index (κ2) is 13.9. The maximum absolute atomic E-state index is 12.4. The van der Waals surface area contributed by atoms with Gasteiger partial charge in [0, 0.05) is 12.0 Å². The van der Waals surface area contributed by atoms with Gasteiger partial charge in [-0.2, -0.15) is 0 Å². The number of fused-ring (bicyclic) bond motifs is 1. The van der Waals surface area contributed by atoms with Crippen molar-refractivity contribution < 1.29 is 33.3 Å². The van der Waals surface area contributed by atoms with Crippen molar-refractivity contribution in [1.82, 2.24) is 0 Å². The molecular weight excluding hydrogens is 532 g/mol.